The van der Waals surface area contributed by atoms with Gasteiger partial charge in [0, 0.05) is 13.2 Å². The molecule has 0 aromatic heterocycles. The number of hydrogen-bond donors (Lipinski definition) is 0. The second kappa shape index (κ2) is 11.9. The molecule has 2 saturated carbocycles. The molecule has 0 bridgehead atoms. The van der Waals surface area contributed by atoms with Gasteiger partial charge < -0.3 is 9.47 Å². The van der Waals surface area contributed by atoms with E-state index in [2.05, 4.69) is 25.7 Å². The molecule has 0 N–H and O–H groups in total. The largest absolute Gasteiger partial charge is 0.377 e. The average Bonchev–Trinajstić information content (AvgIpc) is 2.63. The van der Waals surface area contributed by atoms with Gasteiger partial charge in [-0.2, -0.15) is 0 Å². The van der Waals surface area contributed by atoms with Crippen molar-refractivity contribution in [2.24, 2.45) is 23.7 Å². The summed E-state index contributed by atoms with van der Waals surface area (Å²) in [6.07, 6.45) is 18.5. The summed E-state index contributed by atoms with van der Waals surface area (Å²) < 4.78 is 11.5. The maximum atomic E-state index is 5.81. The molecule has 24 heavy (non-hydrogen) atoms. The molecule has 0 saturated heterocycles. The summed E-state index contributed by atoms with van der Waals surface area (Å²) in [6.45, 7) is 9.30. The van der Waals surface area contributed by atoms with Crippen molar-refractivity contribution in [3.05, 3.63) is 24.8 Å². The van der Waals surface area contributed by atoms with Gasteiger partial charge >= 0.3 is 0 Å². The Bertz CT molecular complexity index is 347. The molecule has 0 atom stereocenters. The Morgan fingerprint density at radius 1 is 0.750 bits per heavy atom. The summed E-state index contributed by atoms with van der Waals surface area (Å²) in [7, 11) is 0. The first-order valence-corrected chi connectivity index (χ1v) is 10.2. The van der Waals surface area contributed by atoms with Crippen LogP contribution in [-0.2, 0) is 9.47 Å². The Balaban J connectivity index is 1.56. The maximum absolute atomic E-state index is 5.81. The molecule has 0 aromatic rings. The molecule has 2 aliphatic rings. The minimum atomic E-state index is 0.709. The lowest BCUT2D eigenvalue weighted by Crippen LogP contribution is -2.28. The first-order chi connectivity index (χ1) is 11.8. The quantitative estimate of drug-likeness (QED) is 0.372. The van der Waals surface area contributed by atoms with Gasteiger partial charge in [-0.05, 0) is 81.5 Å². The minimum Gasteiger partial charge on any atom is -0.377 e. The fourth-order valence-corrected chi connectivity index (χ4v) is 4.51. The summed E-state index contributed by atoms with van der Waals surface area (Å²) in [4.78, 5) is 0. The average molecular weight is 335 g/mol. The molecule has 138 valence electrons. The van der Waals surface area contributed by atoms with E-state index >= 15 is 0 Å². The van der Waals surface area contributed by atoms with Gasteiger partial charge in [0.05, 0.1) is 13.2 Å². The van der Waals surface area contributed by atoms with Gasteiger partial charge in [-0.25, -0.2) is 0 Å². The molecule has 0 radical (unpaired) electrons. The number of ether oxygens (including phenoxy) is 2. The Morgan fingerprint density at radius 3 is 1.71 bits per heavy atom. The van der Waals surface area contributed by atoms with Crippen molar-refractivity contribution < 1.29 is 9.47 Å². The molecule has 2 fully saturated rings. The zero-order valence-electron chi connectivity index (χ0n) is 15.8. The van der Waals surface area contributed by atoms with Gasteiger partial charge in [0.25, 0.3) is 0 Å². The second-order valence-electron chi connectivity index (χ2n) is 7.80. The third-order valence-corrected chi connectivity index (χ3v) is 6.01. The highest BCUT2D eigenvalue weighted by Crippen LogP contribution is 2.41. The van der Waals surface area contributed by atoms with Crippen molar-refractivity contribution in [3.8, 4) is 0 Å². The number of rotatable bonds is 10. The Hall–Kier alpha value is -0.600. The number of allylic oxidation sites excluding steroid dienone is 1. The summed E-state index contributed by atoms with van der Waals surface area (Å²) in [5.74, 6) is 3.56. The van der Waals surface area contributed by atoms with Crippen LogP contribution in [0.25, 0.3) is 0 Å². The van der Waals surface area contributed by atoms with Gasteiger partial charge in [-0.3, -0.25) is 0 Å². The van der Waals surface area contributed by atoms with Gasteiger partial charge in [-0.15, -0.1) is 6.58 Å². The number of hydrogen-bond acceptors (Lipinski definition) is 2. The maximum Gasteiger partial charge on any atom is 0.0647 e. The van der Waals surface area contributed by atoms with Crippen LogP contribution < -0.4 is 0 Å². The highest BCUT2D eigenvalue weighted by molar-refractivity contribution is 4.83. The van der Waals surface area contributed by atoms with Crippen molar-refractivity contribution in [2.45, 2.75) is 64.7 Å². The molecule has 2 nitrogen and oxygen atoms in total. The summed E-state index contributed by atoms with van der Waals surface area (Å²) >= 11 is 0. The van der Waals surface area contributed by atoms with Crippen LogP contribution in [0, 0.1) is 23.7 Å². The Morgan fingerprint density at radius 2 is 1.25 bits per heavy atom. The first kappa shape index (κ1) is 19.7. The lowest BCUT2D eigenvalue weighted by atomic mass is 9.69. The van der Waals surface area contributed by atoms with E-state index in [4.69, 9.17) is 9.47 Å². The molecule has 2 rings (SSSR count). The fraction of sp³-hybridized carbons (Fsp3) is 0.818. The zero-order valence-corrected chi connectivity index (χ0v) is 15.8. The van der Waals surface area contributed by atoms with E-state index in [1.807, 2.05) is 6.08 Å². The lowest BCUT2D eigenvalue weighted by molar-refractivity contribution is 0.0630. The topological polar surface area (TPSA) is 18.5 Å². The Labute approximate surface area is 149 Å². The highest BCUT2D eigenvalue weighted by atomic mass is 16.5. The molecular formula is C22H38O2. The van der Waals surface area contributed by atoms with Crippen LogP contribution in [0.2, 0.25) is 0 Å². The summed E-state index contributed by atoms with van der Waals surface area (Å²) in [6, 6.07) is 0. The SMILES string of the molecule is C=CCOC[C@H]1CC[C@H](C2CCC(COC/C=C\CC)CC2)CC1. The Kier molecular flexibility index (Phi) is 9.75. The van der Waals surface area contributed by atoms with E-state index in [1.165, 1.54) is 51.4 Å². The molecule has 0 aliphatic heterocycles. The van der Waals surface area contributed by atoms with E-state index < -0.39 is 0 Å². The van der Waals surface area contributed by atoms with Crippen LogP contribution in [0.15, 0.2) is 24.8 Å². The molecular weight excluding hydrogens is 296 g/mol. The lowest BCUT2D eigenvalue weighted by Gasteiger charge is -2.37. The molecule has 2 heteroatoms. The zero-order chi connectivity index (χ0) is 17.0. The first-order valence-electron chi connectivity index (χ1n) is 10.2. The van der Waals surface area contributed by atoms with Crippen LogP contribution in [0.3, 0.4) is 0 Å². The molecule has 2 aliphatic carbocycles. The fourth-order valence-electron chi connectivity index (χ4n) is 4.51. The van der Waals surface area contributed by atoms with E-state index in [0.29, 0.717) is 6.61 Å². The molecule has 0 unspecified atom stereocenters. The van der Waals surface area contributed by atoms with Gasteiger partial charge in [-0.1, -0.05) is 25.2 Å². The summed E-state index contributed by atoms with van der Waals surface area (Å²) in [5, 5.41) is 0. The molecule has 0 heterocycles. The monoisotopic (exact) mass is 334 g/mol. The van der Waals surface area contributed by atoms with E-state index in [-0.39, 0.29) is 0 Å². The van der Waals surface area contributed by atoms with Crippen molar-refractivity contribution >= 4 is 0 Å². The molecule has 0 aromatic carbocycles. The highest BCUT2D eigenvalue weighted by Gasteiger charge is 2.30. The van der Waals surface area contributed by atoms with Crippen molar-refractivity contribution in [1.82, 2.24) is 0 Å². The third kappa shape index (κ3) is 7.11. The van der Waals surface area contributed by atoms with Gasteiger partial charge in [0.1, 0.15) is 0 Å². The normalized spacial score (nSPS) is 31.4. The van der Waals surface area contributed by atoms with E-state index in [0.717, 1.165) is 49.9 Å². The van der Waals surface area contributed by atoms with Crippen molar-refractivity contribution in [3.63, 3.8) is 0 Å². The van der Waals surface area contributed by atoms with Crippen LogP contribution in [0.5, 0.6) is 0 Å². The smallest absolute Gasteiger partial charge is 0.0647 e. The third-order valence-electron chi connectivity index (χ3n) is 6.01. The van der Waals surface area contributed by atoms with E-state index in [9.17, 15) is 0 Å². The predicted molar refractivity (Wildman–Crippen MR) is 102 cm³/mol. The second-order valence-corrected chi connectivity index (χ2v) is 7.80. The molecule has 0 spiro atoms. The van der Waals surface area contributed by atoms with Crippen molar-refractivity contribution in [1.29, 1.82) is 0 Å². The van der Waals surface area contributed by atoms with Crippen LogP contribution in [0.4, 0.5) is 0 Å². The predicted octanol–water partition coefficient (Wildman–Crippen LogP) is 5.78. The standard InChI is InChI=1S/C22H38O2/c1-3-5-6-16-24-18-20-9-13-22(14-10-20)21-11-7-19(8-12-21)17-23-15-4-2/h4-6,19-22H,2-3,7-18H2,1H3/b6-5-/t19-,20?,21-,22?. The van der Waals surface area contributed by atoms with Crippen molar-refractivity contribution in [2.75, 3.05) is 26.4 Å². The van der Waals surface area contributed by atoms with Crippen LogP contribution in [0.1, 0.15) is 64.7 Å². The summed E-state index contributed by atoms with van der Waals surface area (Å²) in [5.41, 5.74) is 0. The molecule has 0 amide bonds. The van der Waals surface area contributed by atoms with Gasteiger partial charge in [0.2, 0.25) is 0 Å². The van der Waals surface area contributed by atoms with Gasteiger partial charge in [0.15, 0.2) is 0 Å². The van der Waals surface area contributed by atoms with E-state index in [1.54, 1.807) is 0 Å². The van der Waals surface area contributed by atoms with Crippen LogP contribution >= 0.6 is 0 Å². The minimum absolute atomic E-state index is 0.709. The van der Waals surface area contributed by atoms with Crippen LogP contribution in [-0.4, -0.2) is 26.4 Å².